The van der Waals surface area contributed by atoms with Crippen molar-refractivity contribution in [3.63, 3.8) is 0 Å². The molecule has 2 aliphatic heterocycles. The second-order valence-corrected chi connectivity index (χ2v) is 8.37. The Bertz CT molecular complexity index is 947. The van der Waals surface area contributed by atoms with Crippen molar-refractivity contribution in [3.05, 3.63) is 54.0 Å². The minimum atomic E-state index is -0.343. The van der Waals surface area contributed by atoms with E-state index in [0.717, 1.165) is 17.7 Å². The molecule has 1 aromatic carbocycles. The summed E-state index contributed by atoms with van der Waals surface area (Å²) in [6.07, 6.45) is 2.71. The molecule has 1 aromatic heterocycles. The van der Waals surface area contributed by atoms with E-state index >= 15 is 0 Å². The van der Waals surface area contributed by atoms with Crippen LogP contribution in [0.2, 0.25) is 0 Å². The van der Waals surface area contributed by atoms with Crippen LogP contribution in [0.15, 0.2) is 47.1 Å². The molecule has 0 radical (unpaired) electrons. The van der Waals surface area contributed by atoms with Crippen molar-refractivity contribution in [2.24, 2.45) is 5.92 Å². The summed E-state index contributed by atoms with van der Waals surface area (Å²) in [5, 5.41) is 0. The van der Waals surface area contributed by atoms with Crippen LogP contribution in [0.1, 0.15) is 48.7 Å². The van der Waals surface area contributed by atoms with Crippen LogP contribution in [-0.4, -0.2) is 60.2 Å². The number of furan rings is 1. The molecule has 7 nitrogen and oxygen atoms in total. The number of nitrogens with zero attached hydrogens (tertiary/aromatic N) is 3. The summed E-state index contributed by atoms with van der Waals surface area (Å²) in [7, 11) is 0. The molecule has 0 saturated carbocycles. The van der Waals surface area contributed by atoms with Crippen molar-refractivity contribution < 1.29 is 18.8 Å². The molecule has 2 fully saturated rings. The van der Waals surface area contributed by atoms with Crippen LogP contribution < -0.4 is 4.90 Å². The Morgan fingerprint density at radius 1 is 1.06 bits per heavy atom. The Kier molecular flexibility index (Phi) is 6.11. The summed E-state index contributed by atoms with van der Waals surface area (Å²) in [5.41, 5.74) is 2.07. The van der Waals surface area contributed by atoms with Crippen molar-refractivity contribution in [2.45, 2.75) is 32.6 Å². The van der Waals surface area contributed by atoms with Gasteiger partial charge in [-0.05, 0) is 36.1 Å². The Labute approximate surface area is 182 Å². The highest BCUT2D eigenvalue weighted by molar-refractivity contribution is 6.01. The lowest BCUT2D eigenvalue weighted by molar-refractivity contribution is -0.137. The van der Waals surface area contributed by atoms with E-state index in [2.05, 4.69) is 19.9 Å². The van der Waals surface area contributed by atoms with E-state index < -0.39 is 0 Å². The summed E-state index contributed by atoms with van der Waals surface area (Å²) in [4.78, 5) is 43.6. The molecule has 2 aliphatic rings. The molecular weight excluding hydrogens is 394 g/mol. The Morgan fingerprint density at radius 2 is 1.77 bits per heavy atom. The number of para-hydroxylation sites is 1. The lowest BCUT2D eigenvalue weighted by Gasteiger charge is -2.35. The van der Waals surface area contributed by atoms with Crippen molar-refractivity contribution in [1.29, 1.82) is 0 Å². The predicted octanol–water partition coefficient (Wildman–Crippen LogP) is 3.13. The fraction of sp³-hybridized carbons (Fsp3) is 0.458. The number of carbonyl (C=O) groups excluding carboxylic acids is 3. The van der Waals surface area contributed by atoms with Gasteiger partial charge in [0.15, 0.2) is 5.76 Å². The van der Waals surface area contributed by atoms with Gasteiger partial charge >= 0.3 is 0 Å². The first-order valence-electron chi connectivity index (χ1n) is 11.0. The van der Waals surface area contributed by atoms with Gasteiger partial charge in [-0.25, -0.2) is 0 Å². The number of anilines is 1. The highest BCUT2D eigenvalue weighted by Gasteiger charge is 2.39. The number of carbonyl (C=O) groups is 3. The van der Waals surface area contributed by atoms with Crippen molar-refractivity contribution in [1.82, 2.24) is 9.80 Å². The first kappa shape index (κ1) is 21.2. The first-order valence-corrected chi connectivity index (χ1v) is 11.0. The Hall–Kier alpha value is -3.09. The van der Waals surface area contributed by atoms with Crippen LogP contribution in [0.3, 0.4) is 0 Å². The molecule has 3 heterocycles. The summed E-state index contributed by atoms with van der Waals surface area (Å²) >= 11 is 0. The molecule has 0 spiro atoms. The summed E-state index contributed by atoms with van der Waals surface area (Å²) in [6, 6.07) is 11.3. The summed E-state index contributed by atoms with van der Waals surface area (Å²) in [6.45, 7) is 6.58. The highest BCUT2D eigenvalue weighted by atomic mass is 16.3. The Balaban J connectivity index is 1.39. The van der Waals surface area contributed by atoms with Gasteiger partial charge in [-0.2, -0.15) is 0 Å². The van der Waals surface area contributed by atoms with Crippen LogP contribution in [-0.2, 0) is 9.59 Å². The van der Waals surface area contributed by atoms with E-state index in [1.807, 2.05) is 18.2 Å². The molecule has 0 bridgehead atoms. The molecule has 2 aromatic rings. The van der Waals surface area contributed by atoms with Gasteiger partial charge < -0.3 is 19.1 Å². The molecule has 7 heteroatoms. The van der Waals surface area contributed by atoms with Crippen LogP contribution in [0, 0.1) is 5.92 Å². The standard InChI is InChI=1S/C24H29N3O4/c1-3-17(2)19-7-4-5-8-20(19)27-16-18(15-22(27)28)23(29)25-10-12-26(13-11-25)24(30)21-9-6-14-31-21/h4-9,14,17-18H,3,10-13,15-16H2,1-2H3/t17-,18+/m0/s1. The lowest BCUT2D eigenvalue weighted by atomic mass is 9.96. The van der Waals surface area contributed by atoms with Gasteiger partial charge in [-0.15, -0.1) is 0 Å². The van der Waals surface area contributed by atoms with E-state index in [9.17, 15) is 14.4 Å². The zero-order valence-corrected chi connectivity index (χ0v) is 18.1. The van der Waals surface area contributed by atoms with E-state index in [-0.39, 0.29) is 30.1 Å². The van der Waals surface area contributed by atoms with Crippen LogP contribution >= 0.6 is 0 Å². The zero-order valence-electron chi connectivity index (χ0n) is 18.1. The quantitative estimate of drug-likeness (QED) is 0.741. The zero-order chi connectivity index (χ0) is 22.0. The maximum absolute atomic E-state index is 13.1. The minimum Gasteiger partial charge on any atom is -0.459 e. The normalized spacial score (nSPS) is 20.3. The molecule has 3 amide bonds. The third kappa shape index (κ3) is 4.22. The molecule has 2 saturated heterocycles. The molecule has 0 N–H and O–H groups in total. The molecule has 0 unspecified atom stereocenters. The average Bonchev–Trinajstić information content (AvgIpc) is 3.48. The Morgan fingerprint density at radius 3 is 2.45 bits per heavy atom. The van der Waals surface area contributed by atoms with Gasteiger partial charge in [-0.1, -0.05) is 32.0 Å². The van der Waals surface area contributed by atoms with E-state index in [1.165, 1.54) is 6.26 Å². The molecule has 2 atom stereocenters. The van der Waals surface area contributed by atoms with Crippen LogP contribution in [0.4, 0.5) is 5.69 Å². The van der Waals surface area contributed by atoms with Crippen molar-refractivity contribution >= 4 is 23.4 Å². The number of hydrogen-bond acceptors (Lipinski definition) is 4. The second kappa shape index (κ2) is 8.96. The number of amides is 3. The fourth-order valence-corrected chi connectivity index (χ4v) is 4.42. The summed E-state index contributed by atoms with van der Waals surface area (Å²) in [5.74, 6) is 0.170. The minimum absolute atomic E-state index is 0.000682. The van der Waals surface area contributed by atoms with Gasteiger partial charge in [0.2, 0.25) is 11.8 Å². The maximum Gasteiger partial charge on any atom is 0.289 e. The number of benzene rings is 1. The van der Waals surface area contributed by atoms with Crippen molar-refractivity contribution in [3.8, 4) is 0 Å². The lowest BCUT2D eigenvalue weighted by Crippen LogP contribution is -2.52. The van der Waals surface area contributed by atoms with E-state index in [4.69, 9.17) is 4.42 Å². The molecule has 0 aliphatic carbocycles. The third-order valence-electron chi connectivity index (χ3n) is 6.46. The van der Waals surface area contributed by atoms with Gasteiger partial charge in [-0.3, -0.25) is 14.4 Å². The maximum atomic E-state index is 13.1. The first-order chi connectivity index (χ1) is 15.0. The predicted molar refractivity (Wildman–Crippen MR) is 117 cm³/mol. The van der Waals surface area contributed by atoms with Crippen LogP contribution in [0.5, 0.6) is 0 Å². The number of hydrogen-bond donors (Lipinski definition) is 0. The highest BCUT2D eigenvalue weighted by Crippen LogP contribution is 2.34. The number of rotatable bonds is 5. The van der Waals surface area contributed by atoms with Crippen LogP contribution in [0.25, 0.3) is 0 Å². The molecule has 31 heavy (non-hydrogen) atoms. The molecule has 164 valence electrons. The third-order valence-corrected chi connectivity index (χ3v) is 6.46. The van der Waals surface area contributed by atoms with Gasteiger partial charge in [0.1, 0.15) is 0 Å². The molecule has 4 rings (SSSR count). The van der Waals surface area contributed by atoms with Gasteiger partial charge in [0.05, 0.1) is 12.2 Å². The second-order valence-electron chi connectivity index (χ2n) is 8.37. The fourth-order valence-electron chi connectivity index (χ4n) is 4.42. The monoisotopic (exact) mass is 423 g/mol. The average molecular weight is 424 g/mol. The smallest absolute Gasteiger partial charge is 0.289 e. The SMILES string of the molecule is CC[C@H](C)c1ccccc1N1C[C@H](C(=O)N2CCN(C(=O)c3ccco3)CC2)CC1=O. The number of piperazine rings is 1. The van der Waals surface area contributed by atoms with E-state index in [1.54, 1.807) is 26.8 Å². The largest absolute Gasteiger partial charge is 0.459 e. The van der Waals surface area contributed by atoms with Gasteiger partial charge in [0.25, 0.3) is 5.91 Å². The molecular formula is C24H29N3O4. The van der Waals surface area contributed by atoms with Gasteiger partial charge in [0, 0.05) is 44.8 Å². The van der Waals surface area contributed by atoms with E-state index in [0.29, 0.717) is 44.4 Å². The summed E-state index contributed by atoms with van der Waals surface area (Å²) < 4.78 is 5.19. The topological polar surface area (TPSA) is 74.1 Å². The van der Waals surface area contributed by atoms with Crippen molar-refractivity contribution in [2.75, 3.05) is 37.6 Å².